The molecule has 0 aliphatic heterocycles. The molecule has 0 saturated carbocycles. The zero-order valence-corrected chi connectivity index (χ0v) is 8.20. The second-order valence-electron chi connectivity index (χ2n) is 1.84. The van der Waals surface area contributed by atoms with Crippen LogP contribution in [0, 0.1) is 0 Å². The molecule has 0 spiro atoms. The largest absolute Gasteiger partial charge is 1.00 e. The van der Waals surface area contributed by atoms with Crippen molar-refractivity contribution in [3.05, 3.63) is 0 Å². The van der Waals surface area contributed by atoms with Crippen LogP contribution in [0.2, 0.25) is 0 Å². The fraction of sp³-hybridized carbons (Fsp3) is 0.600. The Morgan fingerprint density at radius 1 is 1.45 bits per heavy atom. The number of hydrogen-bond acceptors (Lipinski definition) is 5. The van der Waals surface area contributed by atoms with E-state index in [1.54, 1.807) is 0 Å². The quantitative estimate of drug-likeness (QED) is 0.421. The van der Waals surface area contributed by atoms with E-state index in [1.165, 1.54) is 0 Å². The maximum absolute atomic E-state index is 9.86. The van der Waals surface area contributed by atoms with Crippen molar-refractivity contribution in [3.8, 4) is 0 Å². The first-order valence-electron chi connectivity index (χ1n) is 2.70. The summed E-state index contributed by atoms with van der Waals surface area (Å²) in [6.45, 7) is 0. The first kappa shape index (κ1) is 13.5. The molecule has 11 heavy (non-hydrogen) atoms. The second kappa shape index (κ2) is 6.60. The van der Waals surface area contributed by atoms with E-state index in [9.17, 15) is 19.8 Å². The summed E-state index contributed by atoms with van der Waals surface area (Å²) in [5.74, 6) is -2.75. The molecular formula is C5H8NNaO4. The van der Waals surface area contributed by atoms with Crippen molar-refractivity contribution < 1.29 is 50.8 Å². The van der Waals surface area contributed by atoms with Gasteiger partial charge in [-0.3, -0.25) is 0 Å². The summed E-state index contributed by atoms with van der Waals surface area (Å²) in [6.07, 6.45) is -0.500. The number of carboxylic acid groups (broad SMARTS) is 2. The smallest absolute Gasteiger partial charge is 0.550 e. The van der Waals surface area contributed by atoms with Gasteiger partial charge in [-0.05, 0) is 12.8 Å². The van der Waals surface area contributed by atoms with Crippen LogP contribution < -0.4 is 45.5 Å². The molecule has 0 rings (SSSR count). The summed E-state index contributed by atoms with van der Waals surface area (Å²) < 4.78 is 0. The Morgan fingerprint density at radius 3 is 2.18 bits per heavy atom. The monoisotopic (exact) mass is 169 g/mol. The van der Waals surface area contributed by atoms with Crippen molar-refractivity contribution in [1.82, 2.24) is 0 Å². The summed E-state index contributed by atoms with van der Waals surface area (Å²) in [7, 11) is 0. The Kier molecular flexibility index (Phi) is 8.09. The molecule has 0 fully saturated rings. The van der Waals surface area contributed by atoms with Crippen LogP contribution in [0.1, 0.15) is 14.3 Å². The zero-order chi connectivity index (χ0) is 8.15. The van der Waals surface area contributed by atoms with Gasteiger partial charge in [-0.2, -0.15) is 0 Å². The van der Waals surface area contributed by atoms with Gasteiger partial charge in [-0.25, -0.2) is 0 Å². The van der Waals surface area contributed by atoms with E-state index in [1.807, 2.05) is 0 Å². The van der Waals surface area contributed by atoms with Crippen molar-refractivity contribution in [2.45, 2.75) is 18.9 Å². The van der Waals surface area contributed by atoms with Crippen LogP contribution >= 0.6 is 0 Å². The van der Waals surface area contributed by atoms with Crippen molar-refractivity contribution in [1.29, 1.82) is 0 Å². The zero-order valence-electron chi connectivity index (χ0n) is 7.20. The minimum absolute atomic E-state index is 0. The molecule has 2 N–H and O–H groups in total. The molecule has 1 atom stereocenters. The van der Waals surface area contributed by atoms with E-state index in [0.29, 0.717) is 0 Å². The summed E-state index contributed by atoms with van der Waals surface area (Å²) in [6, 6.07) is -1.21. The van der Waals surface area contributed by atoms with Crippen LogP contribution in [0.3, 0.4) is 0 Å². The normalized spacial score (nSPS) is 11.4. The van der Waals surface area contributed by atoms with Crippen LogP contribution in [-0.2, 0) is 9.59 Å². The molecular weight excluding hydrogens is 161 g/mol. The van der Waals surface area contributed by atoms with Crippen LogP contribution in [-0.4, -0.2) is 18.0 Å². The Morgan fingerprint density at radius 2 is 1.91 bits per heavy atom. The maximum Gasteiger partial charge on any atom is 1.00 e. The Labute approximate surface area is 87.3 Å². The summed E-state index contributed by atoms with van der Waals surface area (Å²) in [5, 5.41) is 19.6. The number of aliphatic carboxylic acids is 2. The van der Waals surface area contributed by atoms with Crippen molar-refractivity contribution >= 4 is 11.9 Å². The number of hydrogen-bond donors (Lipinski definition) is 1. The SMILES string of the molecule is NC(CCC(=O)[O-])C(=O)[O-].[H+].[Na+]. The predicted octanol–water partition coefficient (Wildman–Crippen LogP) is -6.29. The molecule has 1 unspecified atom stereocenters. The van der Waals surface area contributed by atoms with E-state index in [4.69, 9.17) is 5.73 Å². The number of carbonyl (C=O) groups is 2. The first-order valence-corrected chi connectivity index (χ1v) is 2.70. The van der Waals surface area contributed by atoms with Crippen LogP contribution in [0.5, 0.6) is 0 Å². The third-order valence-electron chi connectivity index (χ3n) is 0.962. The average Bonchev–Trinajstić information content (AvgIpc) is 1.82. The van der Waals surface area contributed by atoms with Crippen molar-refractivity contribution in [2.75, 3.05) is 0 Å². The van der Waals surface area contributed by atoms with Gasteiger partial charge in [0.05, 0.1) is 5.97 Å². The van der Waals surface area contributed by atoms with E-state index >= 15 is 0 Å². The number of carbonyl (C=O) groups excluding carboxylic acids is 2. The standard InChI is InChI=1S/C5H9NO4.Na/c6-3(5(9)10)1-2-4(7)8;/h3H,1-2,6H2,(H,7,8)(H,9,10);/q;+1/p-1. The number of rotatable bonds is 4. The topological polar surface area (TPSA) is 106 Å². The van der Waals surface area contributed by atoms with Gasteiger partial charge in [0, 0.05) is 12.0 Å². The Bertz CT molecular complexity index is 154. The van der Waals surface area contributed by atoms with Gasteiger partial charge in [0.2, 0.25) is 0 Å². The summed E-state index contributed by atoms with van der Waals surface area (Å²) in [4.78, 5) is 19.6. The molecule has 0 heterocycles. The number of carboxylic acids is 2. The van der Waals surface area contributed by atoms with Crippen LogP contribution in [0.4, 0.5) is 0 Å². The van der Waals surface area contributed by atoms with Gasteiger partial charge in [-0.15, -0.1) is 0 Å². The maximum atomic E-state index is 9.86. The van der Waals surface area contributed by atoms with Gasteiger partial charge >= 0.3 is 31.0 Å². The molecule has 0 aliphatic carbocycles. The third kappa shape index (κ3) is 7.80. The Balaban J connectivity index is -0.000000405. The molecule has 0 radical (unpaired) electrons. The van der Waals surface area contributed by atoms with Crippen molar-refractivity contribution in [3.63, 3.8) is 0 Å². The second-order valence-corrected chi connectivity index (χ2v) is 1.84. The molecule has 0 aliphatic rings. The first-order chi connectivity index (χ1) is 4.54. The van der Waals surface area contributed by atoms with Gasteiger partial charge in [0.25, 0.3) is 0 Å². The molecule has 5 nitrogen and oxygen atoms in total. The van der Waals surface area contributed by atoms with Crippen molar-refractivity contribution in [2.24, 2.45) is 5.73 Å². The molecule has 0 aromatic heterocycles. The third-order valence-corrected chi connectivity index (χ3v) is 0.962. The minimum Gasteiger partial charge on any atom is -0.550 e. The minimum atomic E-state index is -1.44. The molecule has 0 aromatic carbocycles. The summed E-state index contributed by atoms with van der Waals surface area (Å²) in [5.41, 5.74) is 4.91. The molecule has 0 saturated heterocycles. The van der Waals surface area contributed by atoms with Crippen LogP contribution in [0.15, 0.2) is 0 Å². The van der Waals surface area contributed by atoms with Gasteiger partial charge in [0.1, 0.15) is 0 Å². The van der Waals surface area contributed by atoms with E-state index in [0.717, 1.165) is 0 Å². The average molecular weight is 169 g/mol. The van der Waals surface area contributed by atoms with Gasteiger partial charge in [0.15, 0.2) is 0 Å². The fourth-order valence-corrected chi connectivity index (χ4v) is 0.391. The van der Waals surface area contributed by atoms with Gasteiger partial charge < -0.3 is 25.5 Å². The molecule has 6 heteroatoms. The Hall–Kier alpha value is -0.100. The predicted molar refractivity (Wildman–Crippen MR) is 28.3 cm³/mol. The van der Waals surface area contributed by atoms with E-state index in [2.05, 4.69) is 0 Å². The fourth-order valence-electron chi connectivity index (χ4n) is 0.391. The van der Waals surface area contributed by atoms with Gasteiger partial charge in [-0.1, -0.05) is 0 Å². The molecule has 58 valence electrons. The summed E-state index contributed by atoms with van der Waals surface area (Å²) >= 11 is 0. The molecule has 0 aromatic rings. The molecule has 0 bridgehead atoms. The van der Waals surface area contributed by atoms with Crippen LogP contribution in [0.25, 0.3) is 0 Å². The number of nitrogens with two attached hydrogens (primary N) is 1. The molecule has 0 amide bonds. The van der Waals surface area contributed by atoms with E-state index < -0.39 is 18.0 Å². The van der Waals surface area contributed by atoms with E-state index in [-0.39, 0.29) is 43.8 Å².